The molecule has 2 aromatic carbocycles. The first-order valence-corrected chi connectivity index (χ1v) is 6.67. The summed E-state index contributed by atoms with van der Waals surface area (Å²) in [5.74, 6) is 1.69. The molecular formula is C16H18O4. The Morgan fingerprint density at radius 2 is 1.85 bits per heavy atom. The van der Waals surface area contributed by atoms with Crippen molar-refractivity contribution in [3.05, 3.63) is 35.9 Å². The third-order valence-electron chi connectivity index (χ3n) is 3.75. The fraction of sp³-hybridized carbons (Fsp3) is 0.375. The minimum absolute atomic E-state index is 0.0443. The quantitative estimate of drug-likeness (QED) is 0.849. The lowest BCUT2D eigenvalue weighted by Gasteiger charge is -2.14. The third-order valence-corrected chi connectivity index (χ3v) is 3.75. The van der Waals surface area contributed by atoms with Gasteiger partial charge in [-0.05, 0) is 6.07 Å². The van der Waals surface area contributed by atoms with Crippen molar-refractivity contribution < 1.29 is 19.3 Å². The van der Waals surface area contributed by atoms with Gasteiger partial charge in [-0.3, -0.25) is 0 Å². The van der Waals surface area contributed by atoms with Crippen molar-refractivity contribution in [2.24, 2.45) is 0 Å². The van der Waals surface area contributed by atoms with Crippen LogP contribution in [0.5, 0.6) is 11.5 Å². The number of ether oxygens (including phenoxy) is 3. The van der Waals surface area contributed by atoms with Crippen molar-refractivity contribution in [1.82, 2.24) is 0 Å². The van der Waals surface area contributed by atoms with Gasteiger partial charge in [-0.15, -0.1) is 0 Å². The van der Waals surface area contributed by atoms with Crippen LogP contribution in [0.25, 0.3) is 10.8 Å². The van der Waals surface area contributed by atoms with Crippen molar-refractivity contribution in [2.75, 3.05) is 20.8 Å². The van der Waals surface area contributed by atoms with Crippen molar-refractivity contribution in [3.8, 4) is 11.5 Å². The van der Waals surface area contributed by atoms with E-state index < -0.39 is 0 Å². The van der Waals surface area contributed by atoms with E-state index in [1.807, 2.05) is 30.3 Å². The molecule has 0 saturated carbocycles. The molecule has 0 unspecified atom stereocenters. The van der Waals surface area contributed by atoms with Crippen LogP contribution >= 0.6 is 0 Å². The highest BCUT2D eigenvalue weighted by molar-refractivity contribution is 5.94. The number of aliphatic hydroxyl groups excluding tert-OH is 1. The van der Waals surface area contributed by atoms with Gasteiger partial charge in [0.2, 0.25) is 0 Å². The molecule has 0 aromatic heterocycles. The van der Waals surface area contributed by atoms with Gasteiger partial charge < -0.3 is 19.3 Å². The molecule has 0 radical (unpaired) electrons. The highest BCUT2D eigenvalue weighted by atomic mass is 16.6. The van der Waals surface area contributed by atoms with Crippen molar-refractivity contribution in [1.29, 1.82) is 0 Å². The lowest BCUT2D eigenvalue weighted by molar-refractivity contribution is 0.242. The van der Waals surface area contributed by atoms with Gasteiger partial charge >= 0.3 is 0 Å². The monoisotopic (exact) mass is 274 g/mol. The van der Waals surface area contributed by atoms with E-state index in [1.165, 1.54) is 0 Å². The maximum absolute atomic E-state index is 9.07. The van der Waals surface area contributed by atoms with Crippen molar-refractivity contribution in [2.45, 2.75) is 18.6 Å². The van der Waals surface area contributed by atoms with Gasteiger partial charge in [-0.1, -0.05) is 24.3 Å². The first-order chi connectivity index (χ1) is 9.78. The SMILES string of the molecule is COc1cc(C[C@H]2O[C@@H]2CO)c(OC)c2ccccc12. The molecule has 1 aliphatic rings. The number of methoxy groups -OCH3 is 2. The Kier molecular flexibility index (Phi) is 3.51. The molecule has 0 spiro atoms. The number of aliphatic hydroxyl groups is 1. The lowest BCUT2D eigenvalue weighted by Crippen LogP contribution is -2.04. The lowest BCUT2D eigenvalue weighted by atomic mass is 10.00. The van der Waals surface area contributed by atoms with E-state index in [1.54, 1.807) is 14.2 Å². The second kappa shape index (κ2) is 5.31. The average Bonchev–Trinajstić information content (AvgIpc) is 3.24. The summed E-state index contributed by atoms with van der Waals surface area (Å²) in [5, 5.41) is 11.1. The number of rotatable bonds is 5. The average molecular weight is 274 g/mol. The molecular weight excluding hydrogens is 256 g/mol. The van der Waals surface area contributed by atoms with Crippen LogP contribution in [0.2, 0.25) is 0 Å². The molecule has 106 valence electrons. The van der Waals surface area contributed by atoms with Crippen LogP contribution in [0.3, 0.4) is 0 Å². The fourth-order valence-corrected chi connectivity index (χ4v) is 2.67. The number of epoxide rings is 1. The maximum Gasteiger partial charge on any atom is 0.130 e. The highest BCUT2D eigenvalue weighted by Gasteiger charge is 2.38. The summed E-state index contributed by atoms with van der Waals surface area (Å²) in [6, 6.07) is 10.0. The third kappa shape index (κ3) is 2.21. The summed E-state index contributed by atoms with van der Waals surface area (Å²) >= 11 is 0. The predicted octanol–water partition coefficient (Wildman–Crippen LogP) is 2.16. The van der Waals surface area contributed by atoms with E-state index in [2.05, 4.69) is 0 Å². The van der Waals surface area contributed by atoms with Crippen LogP contribution in [-0.2, 0) is 11.2 Å². The zero-order valence-electron chi connectivity index (χ0n) is 11.6. The van der Waals surface area contributed by atoms with Crippen LogP contribution in [0.4, 0.5) is 0 Å². The summed E-state index contributed by atoms with van der Waals surface area (Å²) in [7, 11) is 3.34. The van der Waals surface area contributed by atoms with E-state index in [0.717, 1.165) is 34.3 Å². The molecule has 0 amide bonds. The number of hydrogen-bond acceptors (Lipinski definition) is 4. The van der Waals surface area contributed by atoms with Crippen LogP contribution in [0.15, 0.2) is 30.3 Å². The molecule has 0 aliphatic carbocycles. The minimum atomic E-state index is -0.0443. The Morgan fingerprint density at radius 3 is 2.45 bits per heavy atom. The summed E-state index contributed by atoms with van der Waals surface area (Å²) in [6.45, 7) is 0.0672. The second-order valence-corrected chi connectivity index (χ2v) is 4.92. The largest absolute Gasteiger partial charge is 0.496 e. The Labute approximate surface area is 117 Å². The van der Waals surface area contributed by atoms with Crippen LogP contribution in [-0.4, -0.2) is 38.1 Å². The van der Waals surface area contributed by atoms with Gasteiger partial charge in [0.25, 0.3) is 0 Å². The van der Waals surface area contributed by atoms with E-state index in [9.17, 15) is 0 Å². The molecule has 1 fully saturated rings. The van der Waals surface area contributed by atoms with Gasteiger partial charge in [-0.2, -0.15) is 0 Å². The number of fused-ring (bicyclic) bond motifs is 1. The molecule has 3 rings (SSSR count). The standard InChI is InChI=1S/C16H18O4/c1-18-13-7-10(8-14-15(9-17)20-14)16(19-2)12-6-4-3-5-11(12)13/h3-7,14-15,17H,8-9H2,1-2H3/t14-,15-/m1/s1. The summed E-state index contributed by atoms with van der Waals surface area (Å²) in [4.78, 5) is 0. The van der Waals surface area contributed by atoms with Crippen LogP contribution in [0.1, 0.15) is 5.56 Å². The van der Waals surface area contributed by atoms with Crippen LogP contribution in [0, 0.1) is 0 Å². The number of benzene rings is 2. The fourth-order valence-electron chi connectivity index (χ4n) is 2.67. The first kappa shape index (κ1) is 13.2. The molecule has 0 bridgehead atoms. The summed E-state index contributed by atoms with van der Waals surface area (Å²) < 4.78 is 16.5. The maximum atomic E-state index is 9.07. The molecule has 1 aliphatic heterocycles. The highest BCUT2D eigenvalue weighted by Crippen LogP contribution is 2.39. The molecule has 20 heavy (non-hydrogen) atoms. The Hall–Kier alpha value is -1.78. The summed E-state index contributed by atoms with van der Waals surface area (Å²) in [6.07, 6.45) is 0.743. The molecule has 1 N–H and O–H groups in total. The molecule has 4 nitrogen and oxygen atoms in total. The van der Waals surface area contributed by atoms with Gasteiger partial charge in [-0.25, -0.2) is 0 Å². The van der Waals surface area contributed by atoms with Gasteiger partial charge in [0.1, 0.15) is 17.6 Å². The minimum Gasteiger partial charge on any atom is -0.496 e. The van der Waals surface area contributed by atoms with E-state index in [0.29, 0.717) is 0 Å². The smallest absolute Gasteiger partial charge is 0.130 e. The normalized spacial score (nSPS) is 20.9. The summed E-state index contributed by atoms with van der Waals surface area (Å²) in [5.41, 5.74) is 1.05. The Balaban J connectivity index is 2.06. The first-order valence-electron chi connectivity index (χ1n) is 6.67. The molecule has 1 saturated heterocycles. The molecule has 2 atom stereocenters. The van der Waals surface area contributed by atoms with Gasteiger partial charge in [0.05, 0.1) is 26.9 Å². The van der Waals surface area contributed by atoms with Crippen molar-refractivity contribution in [3.63, 3.8) is 0 Å². The zero-order valence-corrected chi connectivity index (χ0v) is 11.6. The number of hydrogen-bond donors (Lipinski definition) is 1. The Bertz CT molecular complexity index is 623. The molecule has 4 heteroatoms. The predicted molar refractivity (Wildman–Crippen MR) is 76.5 cm³/mol. The molecule has 1 heterocycles. The molecule has 2 aromatic rings. The zero-order chi connectivity index (χ0) is 14.1. The van der Waals surface area contributed by atoms with E-state index in [4.69, 9.17) is 19.3 Å². The van der Waals surface area contributed by atoms with Gasteiger partial charge in [0, 0.05) is 22.8 Å². The van der Waals surface area contributed by atoms with Crippen LogP contribution < -0.4 is 9.47 Å². The van der Waals surface area contributed by atoms with E-state index >= 15 is 0 Å². The topological polar surface area (TPSA) is 51.2 Å². The van der Waals surface area contributed by atoms with Crippen molar-refractivity contribution >= 4 is 10.8 Å². The second-order valence-electron chi connectivity index (χ2n) is 4.92. The van der Waals surface area contributed by atoms with Gasteiger partial charge in [0.15, 0.2) is 0 Å². The van der Waals surface area contributed by atoms with E-state index in [-0.39, 0.29) is 18.8 Å². The Morgan fingerprint density at radius 1 is 1.10 bits per heavy atom.